The summed E-state index contributed by atoms with van der Waals surface area (Å²) in [6.45, 7) is 5.33. The molecule has 36 heavy (non-hydrogen) atoms. The van der Waals surface area contributed by atoms with Crippen LogP contribution in [0.25, 0.3) is 0 Å². The molecule has 3 aromatic rings. The Hall–Kier alpha value is -2.90. The van der Waals surface area contributed by atoms with Crippen molar-refractivity contribution in [1.82, 2.24) is 0 Å². The first-order chi connectivity index (χ1) is 17.6. The van der Waals surface area contributed by atoms with Crippen molar-refractivity contribution in [3.63, 3.8) is 0 Å². The van der Waals surface area contributed by atoms with Gasteiger partial charge in [-0.3, -0.25) is 4.90 Å². The zero-order valence-electron chi connectivity index (χ0n) is 20.4. The lowest BCUT2D eigenvalue weighted by molar-refractivity contribution is -0.945. The van der Waals surface area contributed by atoms with E-state index >= 15 is 0 Å². The van der Waals surface area contributed by atoms with Crippen LogP contribution in [0, 0.1) is 11.7 Å². The Morgan fingerprint density at radius 1 is 1.14 bits per heavy atom. The number of thiophene rings is 1. The summed E-state index contributed by atoms with van der Waals surface area (Å²) in [5, 5.41) is 3.88. The predicted molar refractivity (Wildman–Crippen MR) is 139 cm³/mol. The monoisotopic (exact) mass is 507 g/mol. The topological polar surface area (TPSA) is 38.8 Å². The molecule has 2 aromatic carbocycles. The number of quaternary nitrogens is 1. The van der Waals surface area contributed by atoms with Gasteiger partial charge in [-0.25, -0.2) is 9.18 Å². The first-order valence-corrected chi connectivity index (χ1v) is 13.9. The van der Waals surface area contributed by atoms with Crippen LogP contribution in [0.1, 0.15) is 29.5 Å². The number of nitrogens with zero attached hydrogens (tertiary/aromatic N) is 2. The summed E-state index contributed by atoms with van der Waals surface area (Å²) in [4.78, 5) is 15.1. The van der Waals surface area contributed by atoms with Gasteiger partial charge in [0.05, 0.1) is 38.5 Å². The molecule has 5 nitrogen and oxygen atoms in total. The Bertz CT molecular complexity index is 1220. The fraction of sp³-hybridized carbons (Fsp3) is 0.414. The number of halogens is 1. The molecular formula is C29H32FN2O3S+. The molecule has 7 rings (SSSR count). The van der Waals surface area contributed by atoms with E-state index < -0.39 is 0 Å². The third kappa shape index (κ3) is 4.87. The highest BCUT2D eigenvalue weighted by Crippen LogP contribution is 2.37. The zero-order valence-corrected chi connectivity index (χ0v) is 21.2. The van der Waals surface area contributed by atoms with Gasteiger partial charge < -0.3 is 14.0 Å². The van der Waals surface area contributed by atoms with E-state index in [-0.39, 0.29) is 24.6 Å². The molecule has 0 N–H and O–H groups in total. The second kappa shape index (κ2) is 9.87. The van der Waals surface area contributed by atoms with Gasteiger partial charge in [-0.2, -0.15) is 11.3 Å². The minimum absolute atomic E-state index is 0.0814. The van der Waals surface area contributed by atoms with E-state index in [2.05, 4.69) is 18.2 Å². The van der Waals surface area contributed by atoms with Crippen molar-refractivity contribution >= 4 is 23.1 Å². The summed E-state index contributed by atoms with van der Waals surface area (Å²) in [6.07, 6.45) is 3.80. The van der Waals surface area contributed by atoms with Crippen LogP contribution in [-0.2, 0) is 24.1 Å². The van der Waals surface area contributed by atoms with E-state index in [1.807, 2.05) is 22.9 Å². The number of amides is 1. The Morgan fingerprint density at radius 2 is 2.03 bits per heavy atom. The molecule has 0 unspecified atom stereocenters. The van der Waals surface area contributed by atoms with E-state index in [4.69, 9.17) is 9.47 Å². The SMILES string of the molecule is O=C(O[C@H]1C[N+]2(CCc3ccc4c(c3)CCO4)CCC1CC2)N(Cc1cccc(F)c1)c1ccsc1. The fourth-order valence-electron chi connectivity index (χ4n) is 6.11. The lowest BCUT2D eigenvalue weighted by Gasteiger charge is -2.52. The normalized spacial score (nSPS) is 24.2. The van der Waals surface area contributed by atoms with Crippen molar-refractivity contribution in [2.24, 2.45) is 5.92 Å². The highest BCUT2D eigenvalue weighted by molar-refractivity contribution is 7.08. The largest absolute Gasteiger partial charge is 0.493 e. The van der Waals surface area contributed by atoms with Crippen molar-refractivity contribution < 1.29 is 23.1 Å². The summed E-state index contributed by atoms with van der Waals surface area (Å²) in [5.74, 6) is 1.15. The van der Waals surface area contributed by atoms with E-state index in [1.54, 1.807) is 11.0 Å². The maximum Gasteiger partial charge on any atom is 0.415 e. The van der Waals surface area contributed by atoms with Crippen LogP contribution in [0.5, 0.6) is 5.75 Å². The average Bonchev–Trinajstić information content (AvgIpc) is 3.59. The van der Waals surface area contributed by atoms with Gasteiger partial charge >= 0.3 is 6.09 Å². The van der Waals surface area contributed by atoms with Gasteiger partial charge in [-0.05, 0) is 46.3 Å². The fourth-order valence-corrected chi connectivity index (χ4v) is 6.76. The number of rotatable bonds is 7. The predicted octanol–water partition coefficient (Wildman–Crippen LogP) is 5.82. The Labute approximate surface area is 215 Å². The Morgan fingerprint density at radius 3 is 2.83 bits per heavy atom. The number of fused-ring (bicyclic) bond motifs is 4. The molecule has 0 radical (unpaired) electrons. The number of hydrogen-bond donors (Lipinski definition) is 0. The third-order valence-corrected chi connectivity index (χ3v) is 8.86. The number of benzene rings is 2. The molecule has 1 aromatic heterocycles. The van der Waals surface area contributed by atoms with E-state index in [9.17, 15) is 9.18 Å². The van der Waals surface area contributed by atoms with Gasteiger partial charge in [0.2, 0.25) is 0 Å². The van der Waals surface area contributed by atoms with Gasteiger partial charge in [0, 0.05) is 37.0 Å². The minimum Gasteiger partial charge on any atom is -0.493 e. The van der Waals surface area contributed by atoms with E-state index in [0.29, 0.717) is 5.92 Å². The Kier molecular flexibility index (Phi) is 6.44. The molecule has 3 saturated heterocycles. The summed E-state index contributed by atoms with van der Waals surface area (Å²) in [6, 6.07) is 14.9. The molecule has 188 valence electrons. The third-order valence-electron chi connectivity index (χ3n) is 8.19. The summed E-state index contributed by atoms with van der Waals surface area (Å²) >= 11 is 1.53. The second-order valence-corrected chi connectivity index (χ2v) is 11.2. The van der Waals surface area contributed by atoms with Crippen molar-refractivity contribution in [3.8, 4) is 5.75 Å². The number of piperidine rings is 3. The van der Waals surface area contributed by atoms with Crippen LogP contribution in [0.2, 0.25) is 0 Å². The van der Waals surface area contributed by atoms with Crippen LogP contribution >= 0.6 is 11.3 Å². The van der Waals surface area contributed by atoms with Crippen molar-refractivity contribution in [3.05, 3.63) is 81.8 Å². The highest BCUT2D eigenvalue weighted by atomic mass is 32.1. The molecule has 0 saturated carbocycles. The van der Waals surface area contributed by atoms with Gasteiger partial charge in [0.25, 0.3) is 0 Å². The van der Waals surface area contributed by atoms with Crippen molar-refractivity contribution in [2.45, 2.75) is 38.3 Å². The number of carbonyl (C=O) groups is 1. The van der Waals surface area contributed by atoms with Crippen LogP contribution in [0.15, 0.2) is 59.3 Å². The first-order valence-electron chi connectivity index (χ1n) is 12.9. The lowest BCUT2D eigenvalue weighted by Crippen LogP contribution is -2.65. The van der Waals surface area contributed by atoms with Crippen LogP contribution in [0.4, 0.5) is 14.9 Å². The standard InChI is InChI=1S/C29H32FN2O3S/c30-25-3-1-2-22(17-25)18-31(26-10-15-36-20-26)29(33)35-28-19-32(12-7-23(28)8-13-32)11-6-21-4-5-27-24(16-21)9-14-34-27/h1-5,10,15-17,20,23,28H,6-9,11-14,18-19H2/q+1/t23?,28-,32?/m0/s1. The molecule has 1 amide bonds. The molecule has 3 fully saturated rings. The van der Waals surface area contributed by atoms with E-state index in [1.165, 1.54) is 34.6 Å². The molecule has 7 heteroatoms. The Balaban J connectivity index is 1.13. The molecule has 2 bridgehead atoms. The van der Waals surface area contributed by atoms with Gasteiger partial charge in [0.1, 0.15) is 18.1 Å². The molecule has 4 aliphatic heterocycles. The number of hydrogen-bond acceptors (Lipinski definition) is 4. The summed E-state index contributed by atoms with van der Waals surface area (Å²) < 4.78 is 26.7. The zero-order chi connectivity index (χ0) is 24.5. The molecule has 1 atom stereocenters. The van der Waals surface area contributed by atoms with Crippen LogP contribution < -0.4 is 9.64 Å². The van der Waals surface area contributed by atoms with Crippen LogP contribution in [-0.4, -0.2) is 49.5 Å². The quantitative estimate of drug-likeness (QED) is 0.379. The van der Waals surface area contributed by atoms with Gasteiger partial charge in [-0.15, -0.1) is 0 Å². The smallest absolute Gasteiger partial charge is 0.415 e. The number of anilines is 1. The molecular weight excluding hydrogens is 475 g/mol. The number of carbonyl (C=O) groups excluding carboxylic acids is 1. The molecule has 0 aliphatic carbocycles. The lowest BCUT2D eigenvalue weighted by atomic mass is 9.83. The minimum atomic E-state index is -0.340. The molecule has 5 heterocycles. The molecule has 0 spiro atoms. The second-order valence-electron chi connectivity index (χ2n) is 10.4. The van der Waals surface area contributed by atoms with Gasteiger partial charge in [0.15, 0.2) is 6.10 Å². The maximum atomic E-state index is 13.8. The molecule has 4 aliphatic rings. The van der Waals surface area contributed by atoms with Crippen molar-refractivity contribution in [2.75, 3.05) is 37.7 Å². The average molecular weight is 508 g/mol. The van der Waals surface area contributed by atoms with Crippen molar-refractivity contribution in [1.29, 1.82) is 0 Å². The highest BCUT2D eigenvalue weighted by Gasteiger charge is 2.47. The summed E-state index contributed by atoms with van der Waals surface area (Å²) in [5.41, 5.74) is 4.23. The van der Waals surface area contributed by atoms with E-state index in [0.717, 1.165) is 80.0 Å². The number of ether oxygens (including phenoxy) is 2. The first kappa shape index (κ1) is 23.5. The van der Waals surface area contributed by atoms with Crippen LogP contribution in [0.3, 0.4) is 0 Å². The maximum absolute atomic E-state index is 13.8. The van der Waals surface area contributed by atoms with Gasteiger partial charge in [-0.1, -0.05) is 24.3 Å². The summed E-state index contributed by atoms with van der Waals surface area (Å²) in [7, 11) is 0.